The molecule has 0 spiro atoms. The summed E-state index contributed by atoms with van der Waals surface area (Å²) in [5.74, 6) is -1.09. The summed E-state index contributed by atoms with van der Waals surface area (Å²) in [6.07, 6.45) is 0. The van der Waals surface area contributed by atoms with Crippen molar-refractivity contribution in [2.45, 2.75) is 6.61 Å². The second-order valence-electron chi connectivity index (χ2n) is 4.02. The van der Waals surface area contributed by atoms with Gasteiger partial charge in [-0.15, -0.1) is 0 Å². The van der Waals surface area contributed by atoms with Crippen LogP contribution in [0.5, 0.6) is 0 Å². The van der Waals surface area contributed by atoms with Crippen molar-refractivity contribution in [3.63, 3.8) is 0 Å². The number of rotatable bonds is 3. The van der Waals surface area contributed by atoms with Gasteiger partial charge >= 0.3 is 5.97 Å². The highest BCUT2D eigenvalue weighted by Crippen LogP contribution is 2.29. The number of hydrogen-bond acceptors (Lipinski definition) is 3. The van der Waals surface area contributed by atoms with Crippen LogP contribution in [0.25, 0.3) is 0 Å². The van der Waals surface area contributed by atoms with Crippen LogP contribution in [0, 0.1) is 5.82 Å². The van der Waals surface area contributed by atoms with Crippen LogP contribution in [0.1, 0.15) is 15.9 Å². The molecule has 0 aromatic heterocycles. The Morgan fingerprint density at radius 2 is 1.80 bits per heavy atom. The number of anilines is 1. The molecule has 6 heteroatoms. The zero-order chi connectivity index (χ0) is 14.7. The molecule has 20 heavy (non-hydrogen) atoms. The van der Waals surface area contributed by atoms with Crippen molar-refractivity contribution in [3.8, 4) is 0 Å². The first kappa shape index (κ1) is 14.6. The first-order chi connectivity index (χ1) is 9.49. The number of carbonyl (C=O) groups excluding carboxylic acids is 1. The maximum Gasteiger partial charge on any atom is 0.338 e. The summed E-state index contributed by atoms with van der Waals surface area (Å²) in [5, 5.41) is 0.325. The summed E-state index contributed by atoms with van der Waals surface area (Å²) in [7, 11) is 0. The molecule has 0 amide bonds. The summed E-state index contributed by atoms with van der Waals surface area (Å²) >= 11 is 11.7. The van der Waals surface area contributed by atoms with Crippen LogP contribution in [-0.4, -0.2) is 5.97 Å². The quantitative estimate of drug-likeness (QED) is 0.686. The van der Waals surface area contributed by atoms with E-state index in [0.717, 1.165) is 0 Å². The maximum atomic E-state index is 13.4. The molecule has 0 saturated carbocycles. The number of ether oxygens (including phenoxy) is 1. The molecule has 0 saturated heterocycles. The summed E-state index contributed by atoms with van der Waals surface area (Å²) in [5.41, 5.74) is 6.21. The van der Waals surface area contributed by atoms with Gasteiger partial charge in [0.1, 0.15) is 12.4 Å². The molecule has 104 valence electrons. The Kier molecular flexibility index (Phi) is 4.47. The first-order valence-corrected chi connectivity index (χ1v) is 6.39. The molecular weight excluding hydrogens is 304 g/mol. The lowest BCUT2D eigenvalue weighted by molar-refractivity contribution is 0.0469. The highest BCUT2D eigenvalue weighted by Gasteiger charge is 2.13. The van der Waals surface area contributed by atoms with Crippen LogP contribution in [0.3, 0.4) is 0 Å². The minimum atomic E-state index is -0.656. The van der Waals surface area contributed by atoms with E-state index in [1.165, 1.54) is 24.3 Å². The van der Waals surface area contributed by atoms with E-state index in [1.54, 1.807) is 12.1 Å². The van der Waals surface area contributed by atoms with E-state index in [-0.39, 0.29) is 33.5 Å². The first-order valence-electron chi connectivity index (χ1n) is 5.64. The summed E-state index contributed by atoms with van der Waals surface area (Å²) < 4.78 is 18.4. The van der Waals surface area contributed by atoms with Crippen LogP contribution in [0.2, 0.25) is 10.0 Å². The van der Waals surface area contributed by atoms with E-state index in [2.05, 4.69) is 0 Å². The van der Waals surface area contributed by atoms with Gasteiger partial charge < -0.3 is 10.5 Å². The van der Waals surface area contributed by atoms with E-state index in [4.69, 9.17) is 33.7 Å². The molecule has 2 rings (SSSR count). The number of carbonyl (C=O) groups is 1. The van der Waals surface area contributed by atoms with Crippen LogP contribution in [-0.2, 0) is 11.3 Å². The molecule has 0 aliphatic heterocycles. The van der Waals surface area contributed by atoms with Gasteiger partial charge in [0.15, 0.2) is 0 Å². The van der Waals surface area contributed by atoms with Gasteiger partial charge in [0.2, 0.25) is 0 Å². The van der Waals surface area contributed by atoms with Crippen molar-refractivity contribution in [2.75, 3.05) is 5.73 Å². The molecule has 0 bridgehead atoms. The molecule has 0 aliphatic rings. The monoisotopic (exact) mass is 313 g/mol. The number of benzene rings is 2. The largest absolute Gasteiger partial charge is 0.457 e. The molecule has 3 nitrogen and oxygen atoms in total. The average molecular weight is 314 g/mol. The number of esters is 1. The minimum absolute atomic E-state index is 0.158. The Labute approximate surface area is 125 Å². The number of nitrogen functional groups attached to an aromatic ring is 1. The molecule has 0 radical (unpaired) electrons. The fourth-order valence-electron chi connectivity index (χ4n) is 1.54. The zero-order valence-electron chi connectivity index (χ0n) is 10.2. The molecule has 2 aromatic carbocycles. The third-order valence-corrected chi connectivity index (χ3v) is 3.26. The van der Waals surface area contributed by atoms with Gasteiger partial charge in [0, 0.05) is 5.56 Å². The van der Waals surface area contributed by atoms with Gasteiger partial charge in [0.05, 0.1) is 21.3 Å². The molecule has 0 unspecified atom stereocenters. The van der Waals surface area contributed by atoms with Gasteiger partial charge in [-0.25, -0.2) is 9.18 Å². The van der Waals surface area contributed by atoms with E-state index in [9.17, 15) is 9.18 Å². The van der Waals surface area contributed by atoms with Crippen LogP contribution in [0.15, 0.2) is 36.4 Å². The van der Waals surface area contributed by atoms with Crippen LogP contribution < -0.4 is 5.73 Å². The topological polar surface area (TPSA) is 52.3 Å². The van der Waals surface area contributed by atoms with E-state index >= 15 is 0 Å². The molecule has 2 aromatic rings. The Morgan fingerprint density at radius 1 is 1.20 bits per heavy atom. The Morgan fingerprint density at radius 3 is 2.40 bits per heavy atom. The third-order valence-electron chi connectivity index (χ3n) is 2.63. The second-order valence-corrected chi connectivity index (χ2v) is 4.84. The van der Waals surface area contributed by atoms with Crippen molar-refractivity contribution >= 4 is 34.9 Å². The lowest BCUT2D eigenvalue weighted by atomic mass is 10.2. The standard InChI is InChI=1S/C14H10Cl2FNO2/c15-10-5-9(6-11(16)13(10)18)14(19)20-7-8-3-1-2-4-12(8)17/h1-6H,7,18H2. The predicted octanol–water partition coefficient (Wildman–Crippen LogP) is 4.07. The summed E-state index contributed by atoms with van der Waals surface area (Å²) in [6, 6.07) is 8.74. The molecular formula is C14H10Cl2FNO2. The van der Waals surface area contributed by atoms with Gasteiger partial charge in [-0.1, -0.05) is 41.4 Å². The van der Waals surface area contributed by atoms with Gasteiger partial charge in [-0.2, -0.15) is 0 Å². The van der Waals surface area contributed by atoms with Crippen LogP contribution in [0.4, 0.5) is 10.1 Å². The van der Waals surface area contributed by atoms with Crippen molar-refractivity contribution < 1.29 is 13.9 Å². The molecule has 0 heterocycles. The summed E-state index contributed by atoms with van der Waals surface area (Å²) in [6.45, 7) is -0.175. The predicted molar refractivity (Wildman–Crippen MR) is 76.4 cm³/mol. The van der Waals surface area contributed by atoms with E-state index in [1.807, 2.05) is 0 Å². The molecule has 0 fully saturated rings. The van der Waals surface area contributed by atoms with Crippen molar-refractivity contribution in [1.29, 1.82) is 0 Å². The van der Waals surface area contributed by atoms with E-state index < -0.39 is 11.8 Å². The smallest absolute Gasteiger partial charge is 0.338 e. The van der Waals surface area contributed by atoms with Gasteiger partial charge in [-0.05, 0) is 18.2 Å². The molecule has 0 aliphatic carbocycles. The number of halogens is 3. The fraction of sp³-hybridized carbons (Fsp3) is 0.0714. The van der Waals surface area contributed by atoms with E-state index in [0.29, 0.717) is 0 Å². The number of hydrogen-bond donors (Lipinski definition) is 1. The Hall–Kier alpha value is -1.78. The lowest BCUT2D eigenvalue weighted by Crippen LogP contribution is -2.07. The normalized spacial score (nSPS) is 10.3. The second kappa shape index (κ2) is 6.11. The highest BCUT2D eigenvalue weighted by molar-refractivity contribution is 6.39. The Bertz CT molecular complexity index is 638. The highest BCUT2D eigenvalue weighted by atomic mass is 35.5. The maximum absolute atomic E-state index is 13.4. The Balaban J connectivity index is 2.11. The van der Waals surface area contributed by atoms with Gasteiger partial charge in [0.25, 0.3) is 0 Å². The van der Waals surface area contributed by atoms with Crippen molar-refractivity contribution in [1.82, 2.24) is 0 Å². The van der Waals surface area contributed by atoms with Crippen molar-refractivity contribution in [2.24, 2.45) is 0 Å². The van der Waals surface area contributed by atoms with Crippen LogP contribution >= 0.6 is 23.2 Å². The SMILES string of the molecule is Nc1c(Cl)cc(C(=O)OCc2ccccc2F)cc1Cl. The molecule has 2 N–H and O–H groups in total. The lowest BCUT2D eigenvalue weighted by Gasteiger charge is -2.08. The fourth-order valence-corrected chi connectivity index (χ4v) is 2.03. The third kappa shape index (κ3) is 3.21. The molecule has 0 atom stereocenters. The number of nitrogens with two attached hydrogens (primary N) is 1. The zero-order valence-corrected chi connectivity index (χ0v) is 11.7. The average Bonchev–Trinajstić information content (AvgIpc) is 2.43. The van der Waals surface area contributed by atoms with Crippen molar-refractivity contribution in [3.05, 3.63) is 63.4 Å². The summed E-state index contributed by atoms with van der Waals surface area (Å²) in [4.78, 5) is 11.8. The van der Waals surface area contributed by atoms with Gasteiger partial charge in [-0.3, -0.25) is 0 Å². The minimum Gasteiger partial charge on any atom is -0.457 e.